The first-order valence-electron chi connectivity index (χ1n) is 22.1. The van der Waals surface area contributed by atoms with Crippen LogP contribution in [0.5, 0.6) is 0 Å². The number of hydrogen-bond acceptors (Lipinski definition) is 14. The molecule has 0 aliphatic carbocycles. The number of nitrogens with zero attached hydrogens (tertiary/aromatic N) is 2. The summed E-state index contributed by atoms with van der Waals surface area (Å²) in [6, 6.07) is -11.5. The topological polar surface area (TPSA) is 356 Å². The van der Waals surface area contributed by atoms with E-state index in [9.17, 15) is 68.1 Å². The van der Waals surface area contributed by atoms with Crippen LogP contribution < -0.4 is 72.3 Å². The molecule has 9 atom stereocenters. The van der Waals surface area contributed by atoms with Crippen LogP contribution in [0.2, 0.25) is 0 Å². The Morgan fingerprint density at radius 3 is 1.57 bits per heavy atom. The number of nitrogens with one attached hydrogen (secondary N) is 6. The Balaban J connectivity index is 0.0000224. The number of hydrogen-bond donors (Lipinski definition) is 9. The Morgan fingerprint density at radius 2 is 1.10 bits per heavy atom. The van der Waals surface area contributed by atoms with E-state index in [1.165, 1.54) is 37.4 Å². The molecule has 67 heavy (non-hydrogen) atoms. The van der Waals surface area contributed by atoms with E-state index in [2.05, 4.69) is 31.9 Å². The summed E-state index contributed by atoms with van der Waals surface area (Å²) < 4.78 is 0. The van der Waals surface area contributed by atoms with Crippen molar-refractivity contribution in [1.82, 2.24) is 41.7 Å². The molecule has 0 aromatic rings. The van der Waals surface area contributed by atoms with Crippen LogP contribution in [0.1, 0.15) is 99.8 Å². The average molecular weight is 978 g/mol. The van der Waals surface area contributed by atoms with Gasteiger partial charge in [-0.15, -0.1) is 0 Å². The minimum absolute atomic E-state index is 0. The van der Waals surface area contributed by atoms with E-state index in [1.54, 1.807) is 34.0 Å². The van der Waals surface area contributed by atoms with Crippen LogP contribution in [0.25, 0.3) is 0 Å². The van der Waals surface area contributed by atoms with E-state index in [4.69, 9.17) is 5.73 Å². The van der Waals surface area contributed by atoms with Gasteiger partial charge in [0.05, 0.1) is 24.5 Å². The molecule has 2 aliphatic rings. The second-order valence-electron chi connectivity index (χ2n) is 17.7. The fraction of sp³-hybridized carbons (Fsp3) is 0.738. The fourth-order valence-corrected chi connectivity index (χ4v) is 7.92. The molecular weight excluding hydrogens is 910 g/mol. The first-order valence-corrected chi connectivity index (χ1v) is 23.5. The average Bonchev–Trinajstić information content (AvgIpc) is 3.94. The number of carbonyl (C=O) groups is 11. The molecule has 0 unspecified atom stereocenters. The first-order chi connectivity index (χ1) is 30.8. The molecule has 0 saturated carbocycles. The summed E-state index contributed by atoms with van der Waals surface area (Å²) in [5.74, 6) is -11.8. The monoisotopic (exact) mass is 977 g/mol. The quantitative estimate of drug-likeness (QED) is 0.0365. The Bertz CT molecular complexity index is 1810. The molecule has 0 spiro atoms. The number of amides is 8. The summed E-state index contributed by atoms with van der Waals surface area (Å²) in [4.78, 5) is 145. The van der Waals surface area contributed by atoms with Gasteiger partial charge < -0.3 is 67.5 Å². The Hall–Kier alpha value is -4.52. The van der Waals surface area contributed by atoms with Crippen molar-refractivity contribution in [2.75, 3.05) is 25.1 Å². The molecule has 2 aliphatic heterocycles. The van der Waals surface area contributed by atoms with Crippen LogP contribution in [0, 0.1) is 17.8 Å². The van der Waals surface area contributed by atoms with Crippen molar-refractivity contribution >= 4 is 76.9 Å². The van der Waals surface area contributed by atoms with Crippen LogP contribution in [0.3, 0.4) is 0 Å². The van der Waals surface area contributed by atoms with E-state index >= 15 is 0 Å². The molecule has 372 valence electrons. The summed E-state index contributed by atoms with van der Waals surface area (Å²) in [5, 5.41) is 45.5. The third kappa shape index (κ3) is 18.5. The summed E-state index contributed by atoms with van der Waals surface area (Å²) in [7, 11) is 0. The van der Waals surface area contributed by atoms with E-state index in [0.717, 1.165) is 4.90 Å². The Kier molecular flexibility index (Phi) is 25.9. The maximum atomic E-state index is 13.8. The van der Waals surface area contributed by atoms with Crippen LogP contribution in [0.15, 0.2) is 0 Å². The third-order valence-corrected chi connectivity index (χ3v) is 12.1. The molecular formula is C42H68N9NaO14S. The summed E-state index contributed by atoms with van der Waals surface area (Å²) in [6.45, 7) is 11.4. The van der Waals surface area contributed by atoms with Crippen molar-refractivity contribution in [2.45, 2.75) is 154 Å². The molecule has 0 bridgehead atoms. The van der Waals surface area contributed by atoms with E-state index in [0.29, 0.717) is 31.6 Å². The van der Waals surface area contributed by atoms with Gasteiger partial charge >= 0.3 is 41.5 Å². The standard InChI is InChI=1S/C42H69N9O14S.Na/c1-20(2)31(43)41(63)51-17-10-12-28(51)37(59)49-33(22(5)6)38(60)45-24(13-14-29(52)53)35(57)44-23(7)34(56)48-32(21(3)4)39(61)47-26(19-30(54)55)40(62)50-16-9-11-27(50)36(58)46-25(42(64)65)15-18-66-8;/h20-28,31-33H,9-19,43H2,1-8H3,(H,44,57)(H,45,60)(H,46,58)(H,47,61)(H,48,56)(H,49,59)(H,52,53)(H,54,55)(H,64,65);/q;+1/p-1/t23-,24-,25-,26-,27-,28-,31-,32-,33-;/m0./s1. The van der Waals surface area contributed by atoms with Crippen LogP contribution in [-0.2, 0) is 52.7 Å². The maximum absolute atomic E-state index is 13.8. The number of rotatable bonds is 26. The Morgan fingerprint density at radius 1 is 0.612 bits per heavy atom. The maximum Gasteiger partial charge on any atom is 1.00 e. The molecule has 2 heterocycles. The summed E-state index contributed by atoms with van der Waals surface area (Å²) >= 11 is 1.35. The van der Waals surface area contributed by atoms with Gasteiger partial charge in [0.25, 0.3) is 0 Å². The Labute approximate surface area is 417 Å². The van der Waals surface area contributed by atoms with Gasteiger partial charge in [0.2, 0.25) is 47.3 Å². The third-order valence-electron chi connectivity index (χ3n) is 11.4. The second-order valence-corrected chi connectivity index (χ2v) is 18.6. The SMILES string of the molecule is CSCC[C@H](NC(=O)[C@@H]1CCCN1C(=O)[C@H](CC(=O)O)NC(=O)[C@@H](NC(=O)[C@H](C)NC(=O)[C@H](CCC(=O)O)NC(=O)[C@@H](NC(=O)[C@@H]1CCCN1C(=O)[C@@H](N)C(C)C)C(C)C)C(C)C)C(=O)[O-].[Na+]. The predicted molar refractivity (Wildman–Crippen MR) is 236 cm³/mol. The molecule has 10 N–H and O–H groups in total. The van der Waals surface area contributed by atoms with Crippen molar-refractivity contribution < 1.29 is 97.6 Å². The number of nitrogens with two attached hydrogens (primary N) is 1. The van der Waals surface area contributed by atoms with Crippen molar-refractivity contribution in [1.29, 1.82) is 0 Å². The van der Waals surface area contributed by atoms with Gasteiger partial charge in [-0.1, -0.05) is 41.5 Å². The van der Waals surface area contributed by atoms with Gasteiger partial charge in [-0.2, -0.15) is 11.8 Å². The molecule has 23 nitrogen and oxygen atoms in total. The van der Waals surface area contributed by atoms with Crippen LogP contribution in [0.4, 0.5) is 0 Å². The van der Waals surface area contributed by atoms with E-state index < -0.39 is 151 Å². The molecule has 0 aromatic carbocycles. The zero-order valence-corrected chi connectivity index (χ0v) is 42.7. The number of aliphatic carboxylic acids is 3. The van der Waals surface area contributed by atoms with Crippen molar-refractivity contribution in [3.8, 4) is 0 Å². The summed E-state index contributed by atoms with van der Waals surface area (Å²) in [5.41, 5.74) is 6.07. The first kappa shape index (κ1) is 60.5. The number of likely N-dealkylation sites (tertiary alicyclic amines) is 2. The van der Waals surface area contributed by atoms with Crippen molar-refractivity contribution in [2.24, 2.45) is 23.5 Å². The van der Waals surface area contributed by atoms with Crippen LogP contribution >= 0.6 is 11.8 Å². The normalized spacial score (nSPS) is 18.9. The number of thioether (sulfide) groups is 1. The van der Waals surface area contributed by atoms with Gasteiger partial charge in [-0.25, -0.2) is 0 Å². The molecule has 2 fully saturated rings. The second kappa shape index (κ2) is 28.7. The molecule has 0 radical (unpaired) electrons. The number of carboxylic acid groups (broad SMARTS) is 3. The smallest absolute Gasteiger partial charge is 0.548 e. The molecule has 8 amide bonds. The molecule has 2 rings (SSSR count). The van der Waals surface area contributed by atoms with Crippen molar-refractivity contribution in [3.63, 3.8) is 0 Å². The minimum Gasteiger partial charge on any atom is -0.548 e. The molecule has 0 aromatic heterocycles. The largest absolute Gasteiger partial charge is 1.00 e. The number of carbonyl (C=O) groups excluding carboxylic acids is 9. The van der Waals surface area contributed by atoms with Gasteiger partial charge in [-0.05, 0) is 75.2 Å². The van der Waals surface area contributed by atoms with E-state index in [1.807, 2.05) is 0 Å². The van der Waals surface area contributed by atoms with Gasteiger partial charge in [0.15, 0.2) is 0 Å². The zero-order valence-electron chi connectivity index (χ0n) is 39.9. The molecule has 2 saturated heterocycles. The van der Waals surface area contributed by atoms with E-state index in [-0.39, 0.29) is 54.9 Å². The predicted octanol–water partition coefficient (Wildman–Crippen LogP) is -5.96. The van der Waals surface area contributed by atoms with Gasteiger partial charge in [0.1, 0.15) is 42.3 Å². The number of carboxylic acids is 3. The molecule has 25 heteroatoms. The van der Waals surface area contributed by atoms with Gasteiger partial charge in [0, 0.05) is 19.5 Å². The zero-order chi connectivity index (χ0) is 50.2. The van der Waals surface area contributed by atoms with Crippen molar-refractivity contribution in [3.05, 3.63) is 0 Å². The van der Waals surface area contributed by atoms with Gasteiger partial charge in [-0.3, -0.25) is 47.9 Å². The van der Waals surface area contributed by atoms with Crippen LogP contribution in [-0.4, -0.2) is 165 Å². The summed E-state index contributed by atoms with van der Waals surface area (Å²) in [6.07, 6.45) is 1.19. The fourth-order valence-electron chi connectivity index (χ4n) is 7.45. The minimum atomic E-state index is -1.71.